The SMILES string of the molecule is Nc1ccc(COc2ccnc(-c3ncc(C(F)(F)F)[nH]3)c2)cc1[N+](=O)[O-]. The zero-order valence-corrected chi connectivity index (χ0v) is 13.5. The number of alkyl halides is 3. The maximum Gasteiger partial charge on any atom is 0.432 e. The van der Waals surface area contributed by atoms with Gasteiger partial charge in [-0.1, -0.05) is 6.07 Å². The first-order chi connectivity index (χ1) is 12.7. The number of hydrogen-bond donors (Lipinski definition) is 2. The van der Waals surface area contributed by atoms with Crippen LogP contribution >= 0.6 is 0 Å². The van der Waals surface area contributed by atoms with Gasteiger partial charge in [0.25, 0.3) is 5.69 Å². The normalized spacial score (nSPS) is 11.4. The van der Waals surface area contributed by atoms with Crippen LogP contribution in [0, 0.1) is 10.1 Å². The first kappa shape index (κ1) is 18.2. The largest absolute Gasteiger partial charge is 0.489 e. The summed E-state index contributed by atoms with van der Waals surface area (Å²) < 4.78 is 43.5. The molecule has 1 aromatic carbocycles. The summed E-state index contributed by atoms with van der Waals surface area (Å²) in [6.45, 7) is -0.00344. The van der Waals surface area contributed by atoms with Crippen molar-refractivity contribution in [3.8, 4) is 17.3 Å². The van der Waals surface area contributed by atoms with E-state index in [0.29, 0.717) is 17.5 Å². The molecule has 0 radical (unpaired) electrons. The second kappa shape index (κ2) is 6.94. The molecule has 0 amide bonds. The van der Waals surface area contributed by atoms with Gasteiger partial charge in [0, 0.05) is 18.3 Å². The lowest BCUT2D eigenvalue weighted by Gasteiger charge is -2.08. The standard InChI is InChI=1S/C16H12F3N5O3/c17-16(18,19)14-7-22-15(23-14)12-6-10(3-4-21-12)27-8-9-1-2-11(20)13(5-9)24(25)26/h1-7H,8,20H2,(H,22,23). The van der Waals surface area contributed by atoms with Crippen LogP contribution in [0.5, 0.6) is 5.75 Å². The minimum Gasteiger partial charge on any atom is -0.489 e. The van der Waals surface area contributed by atoms with Crippen LogP contribution in [0.1, 0.15) is 11.3 Å². The molecule has 0 aliphatic heterocycles. The number of nitrogens with zero attached hydrogens (tertiary/aromatic N) is 3. The summed E-state index contributed by atoms with van der Waals surface area (Å²) in [4.78, 5) is 20.1. The highest BCUT2D eigenvalue weighted by Crippen LogP contribution is 2.29. The molecule has 0 bridgehead atoms. The van der Waals surface area contributed by atoms with Gasteiger partial charge >= 0.3 is 6.18 Å². The Morgan fingerprint density at radius 2 is 2.00 bits per heavy atom. The van der Waals surface area contributed by atoms with Crippen molar-refractivity contribution in [2.75, 3.05) is 5.73 Å². The molecule has 0 saturated carbocycles. The molecule has 0 unspecified atom stereocenters. The Morgan fingerprint density at radius 1 is 1.22 bits per heavy atom. The average Bonchev–Trinajstić information content (AvgIpc) is 3.11. The smallest absolute Gasteiger partial charge is 0.432 e. The molecule has 3 aromatic rings. The number of nitrogen functional groups attached to an aromatic ring is 1. The zero-order chi connectivity index (χ0) is 19.6. The van der Waals surface area contributed by atoms with Gasteiger partial charge in [0.05, 0.1) is 11.1 Å². The molecular weight excluding hydrogens is 367 g/mol. The summed E-state index contributed by atoms with van der Waals surface area (Å²) in [5, 5.41) is 10.9. The molecule has 3 N–H and O–H groups in total. The number of halogens is 3. The number of ether oxygens (including phenoxy) is 1. The summed E-state index contributed by atoms with van der Waals surface area (Å²) in [5.41, 5.74) is 5.01. The van der Waals surface area contributed by atoms with Gasteiger partial charge in [-0.25, -0.2) is 4.98 Å². The van der Waals surface area contributed by atoms with Gasteiger partial charge in [-0.15, -0.1) is 0 Å². The second-order valence-electron chi connectivity index (χ2n) is 5.46. The predicted octanol–water partition coefficient (Wildman–Crippen LogP) is 3.56. The van der Waals surface area contributed by atoms with Gasteiger partial charge in [-0.2, -0.15) is 13.2 Å². The Kier molecular flexibility index (Phi) is 4.67. The highest BCUT2D eigenvalue weighted by Gasteiger charge is 2.33. The zero-order valence-electron chi connectivity index (χ0n) is 13.5. The number of rotatable bonds is 5. The quantitative estimate of drug-likeness (QED) is 0.397. The van der Waals surface area contributed by atoms with Gasteiger partial charge in [0.1, 0.15) is 29.4 Å². The van der Waals surface area contributed by atoms with Crippen molar-refractivity contribution in [2.45, 2.75) is 12.8 Å². The van der Waals surface area contributed by atoms with Gasteiger partial charge in [-0.05, 0) is 17.7 Å². The van der Waals surface area contributed by atoms with E-state index in [0.717, 1.165) is 0 Å². The fraction of sp³-hybridized carbons (Fsp3) is 0.125. The number of nitro groups is 1. The fourth-order valence-corrected chi connectivity index (χ4v) is 2.23. The third-order valence-electron chi connectivity index (χ3n) is 3.55. The Morgan fingerprint density at radius 3 is 2.67 bits per heavy atom. The van der Waals surface area contributed by atoms with E-state index in [1.54, 1.807) is 6.07 Å². The number of nitrogens with two attached hydrogens (primary N) is 1. The molecule has 0 fully saturated rings. The molecule has 8 nitrogen and oxygen atoms in total. The molecule has 0 aliphatic carbocycles. The van der Waals surface area contributed by atoms with Gasteiger partial charge in [0.2, 0.25) is 0 Å². The van der Waals surface area contributed by atoms with E-state index in [1.165, 1.54) is 30.5 Å². The van der Waals surface area contributed by atoms with Gasteiger partial charge < -0.3 is 15.5 Å². The number of hydrogen-bond acceptors (Lipinski definition) is 6. The van der Waals surface area contributed by atoms with Gasteiger partial charge in [0.15, 0.2) is 5.82 Å². The van der Waals surface area contributed by atoms with Crippen LogP contribution in [-0.2, 0) is 12.8 Å². The van der Waals surface area contributed by atoms with E-state index in [4.69, 9.17) is 10.5 Å². The molecule has 3 rings (SSSR count). The highest BCUT2D eigenvalue weighted by atomic mass is 19.4. The molecule has 0 aliphatic rings. The number of benzene rings is 1. The van der Waals surface area contributed by atoms with Crippen LogP contribution < -0.4 is 10.5 Å². The molecular formula is C16H12F3N5O3. The van der Waals surface area contributed by atoms with E-state index in [1.807, 2.05) is 0 Å². The third kappa shape index (κ3) is 4.14. The third-order valence-corrected chi connectivity index (χ3v) is 3.55. The number of nitro benzene ring substituents is 1. The Bertz CT molecular complexity index is 987. The lowest BCUT2D eigenvalue weighted by atomic mass is 10.2. The lowest BCUT2D eigenvalue weighted by molar-refractivity contribution is -0.384. The summed E-state index contributed by atoms with van der Waals surface area (Å²) in [7, 11) is 0. The summed E-state index contributed by atoms with van der Waals surface area (Å²) in [5.74, 6) is 0.250. The number of pyridine rings is 1. The number of imidazole rings is 1. The van der Waals surface area contributed by atoms with Crippen molar-refractivity contribution >= 4 is 11.4 Å². The monoisotopic (exact) mass is 379 g/mol. The summed E-state index contributed by atoms with van der Waals surface area (Å²) >= 11 is 0. The number of H-pyrrole nitrogens is 1. The molecule has 2 heterocycles. The minimum atomic E-state index is -4.54. The summed E-state index contributed by atoms with van der Waals surface area (Å²) in [6, 6.07) is 7.18. The van der Waals surface area contributed by atoms with E-state index in [2.05, 4.69) is 15.0 Å². The van der Waals surface area contributed by atoms with Crippen LogP contribution in [0.3, 0.4) is 0 Å². The van der Waals surface area contributed by atoms with Crippen LogP contribution in [0.25, 0.3) is 11.5 Å². The molecule has 0 saturated heterocycles. The van der Waals surface area contributed by atoms with Crippen molar-refractivity contribution in [3.05, 3.63) is 64.1 Å². The molecule has 0 atom stereocenters. The molecule has 0 spiro atoms. The van der Waals surface area contributed by atoms with Crippen LogP contribution in [0.4, 0.5) is 24.5 Å². The Balaban J connectivity index is 1.76. The lowest BCUT2D eigenvalue weighted by Crippen LogP contribution is -2.05. The molecule has 27 heavy (non-hydrogen) atoms. The molecule has 11 heteroatoms. The summed E-state index contributed by atoms with van der Waals surface area (Å²) in [6.07, 6.45) is -2.51. The topological polar surface area (TPSA) is 120 Å². The minimum absolute atomic E-state index is 0.00344. The second-order valence-corrected chi connectivity index (χ2v) is 5.46. The maximum absolute atomic E-state index is 12.6. The number of nitrogens with one attached hydrogen (secondary N) is 1. The van der Waals surface area contributed by atoms with E-state index < -0.39 is 16.8 Å². The van der Waals surface area contributed by atoms with E-state index in [-0.39, 0.29) is 29.5 Å². The predicted molar refractivity (Wildman–Crippen MR) is 88.7 cm³/mol. The number of anilines is 1. The number of aromatic nitrogens is 3. The van der Waals surface area contributed by atoms with Crippen LogP contribution in [-0.4, -0.2) is 19.9 Å². The van der Waals surface area contributed by atoms with Crippen molar-refractivity contribution < 1.29 is 22.8 Å². The van der Waals surface area contributed by atoms with Crippen LogP contribution in [0.15, 0.2) is 42.7 Å². The Labute approximate surface area is 150 Å². The Hall–Kier alpha value is -3.63. The van der Waals surface area contributed by atoms with Crippen molar-refractivity contribution in [1.29, 1.82) is 0 Å². The van der Waals surface area contributed by atoms with Crippen molar-refractivity contribution in [2.24, 2.45) is 0 Å². The average molecular weight is 379 g/mol. The van der Waals surface area contributed by atoms with E-state index >= 15 is 0 Å². The first-order valence-corrected chi connectivity index (χ1v) is 7.48. The molecule has 2 aromatic heterocycles. The maximum atomic E-state index is 12.6. The highest BCUT2D eigenvalue weighted by molar-refractivity contribution is 5.59. The fourth-order valence-electron chi connectivity index (χ4n) is 2.23. The molecule has 140 valence electrons. The van der Waals surface area contributed by atoms with Crippen molar-refractivity contribution in [1.82, 2.24) is 15.0 Å². The van der Waals surface area contributed by atoms with Crippen molar-refractivity contribution in [3.63, 3.8) is 0 Å². The first-order valence-electron chi connectivity index (χ1n) is 7.48. The van der Waals surface area contributed by atoms with E-state index in [9.17, 15) is 23.3 Å². The van der Waals surface area contributed by atoms with Crippen LogP contribution in [0.2, 0.25) is 0 Å². The van der Waals surface area contributed by atoms with Gasteiger partial charge in [-0.3, -0.25) is 15.1 Å². The number of aromatic amines is 1.